The summed E-state index contributed by atoms with van der Waals surface area (Å²) in [5.41, 5.74) is 0. The molecule has 0 rings (SSSR count). The highest BCUT2D eigenvalue weighted by Gasteiger charge is 2.29. The second kappa shape index (κ2) is 6.93. The van der Waals surface area contributed by atoms with Crippen molar-refractivity contribution in [3.8, 4) is 0 Å². The van der Waals surface area contributed by atoms with Gasteiger partial charge in [-0.05, 0) is 0 Å². The van der Waals surface area contributed by atoms with Gasteiger partial charge < -0.3 is 30.3 Å². The average Bonchev–Trinajstić information content (AvgIpc) is 2.12. The molecular formula is C7H16O6. The zero-order chi connectivity index (χ0) is 9.72. The number of rotatable bonds is 5. The van der Waals surface area contributed by atoms with Crippen LogP contribution in [0.1, 0.15) is 7.43 Å². The maximum Gasteiger partial charge on any atom is 0.151 e. The van der Waals surface area contributed by atoms with Crippen molar-refractivity contribution in [2.24, 2.45) is 0 Å². The quantitative estimate of drug-likeness (QED) is 0.304. The number of hydrogen-bond acceptors (Lipinski definition) is 6. The summed E-state index contributed by atoms with van der Waals surface area (Å²) in [6.45, 7) is -0.760. The highest BCUT2D eigenvalue weighted by Crippen LogP contribution is 2.02. The molecule has 4 atom stereocenters. The van der Waals surface area contributed by atoms with Crippen molar-refractivity contribution in [3.63, 3.8) is 0 Å². The average molecular weight is 196 g/mol. The maximum absolute atomic E-state index is 9.90. The maximum atomic E-state index is 9.90. The van der Waals surface area contributed by atoms with E-state index in [-0.39, 0.29) is 13.7 Å². The molecule has 0 aliphatic carbocycles. The van der Waals surface area contributed by atoms with Crippen LogP contribution in [0.25, 0.3) is 0 Å². The molecule has 13 heavy (non-hydrogen) atoms. The predicted octanol–water partition coefficient (Wildman–Crippen LogP) is -2.74. The zero-order valence-electron chi connectivity index (χ0n) is 6.24. The molecule has 0 aromatic heterocycles. The Morgan fingerprint density at radius 3 is 1.85 bits per heavy atom. The van der Waals surface area contributed by atoms with Crippen LogP contribution in [0.15, 0.2) is 0 Å². The Hall–Kier alpha value is -0.530. The molecule has 80 valence electrons. The van der Waals surface area contributed by atoms with E-state index in [4.69, 9.17) is 25.5 Å². The summed E-state index contributed by atoms with van der Waals surface area (Å²) in [7, 11) is 0. The molecule has 0 saturated heterocycles. The lowest BCUT2D eigenvalue weighted by Gasteiger charge is -2.22. The molecule has 0 saturated carbocycles. The van der Waals surface area contributed by atoms with Crippen molar-refractivity contribution in [1.29, 1.82) is 0 Å². The van der Waals surface area contributed by atoms with Crippen molar-refractivity contribution < 1.29 is 30.3 Å². The van der Waals surface area contributed by atoms with Crippen molar-refractivity contribution in [2.45, 2.75) is 31.8 Å². The normalized spacial score (nSPS) is 19.5. The molecular weight excluding hydrogens is 180 g/mol. The van der Waals surface area contributed by atoms with E-state index in [1.807, 2.05) is 0 Å². The standard InChI is InChI=1S/C6H12O6.CH4/c7-1-3(9)5(11)6(12)4(10)2-8;/h1,3-6,8-12H,2H2;1H4/t3-,4-,5-,6-;/m1./s1. The molecule has 0 aromatic carbocycles. The first-order valence-electron chi connectivity index (χ1n) is 3.33. The van der Waals surface area contributed by atoms with Gasteiger partial charge in [-0.15, -0.1) is 0 Å². The number of hydrogen-bond donors (Lipinski definition) is 5. The minimum Gasteiger partial charge on any atom is -0.394 e. The Kier molecular flexibility index (Phi) is 7.98. The first kappa shape index (κ1) is 15.0. The lowest BCUT2D eigenvalue weighted by Crippen LogP contribution is -2.46. The number of aliphatic hydroxyl groups excluding tert-OH is 5. The fourth-order valence-electron chi connectivity index (χ4n) is 0.618. The first-order chi connectivity index (χ1) is 5.54. The molecule has 0 aromatic rings. The Morgan fingerprint density at radius 2 is 1.54 bits per heavy atom. The zero-order valence-corrected chi connectivity index (χ0v) is 6.24. The molecule has 0 heterocycles. The highest BCUT2D eigenvalue weighted by molar-refractivity contribution is 5.56. The largest absolute Gasteiger partial charge is 0.394 e. The van der Waals surface area contributed by atoms with E-state index in [0.717, 1.165) is 0 Å². The minimum absolute atomic E-state index is 0. The third kappa shape index (κ3) is 4.30. The summed E-state index contributed by atoms with van der Waals surface area (Å²) in [5, 5.41) is 43.5. The molecule has 0 aliphatic heterocycles. The third-order valence-corrected chi connectivity index (χ3v) is 1.42. The van der Waals surface area contributed by atoms with Crippen molar-refractivity contribution in [3.05, 3.63) is 0 Å². The fraction of sp³-hybridized carbons (Fsp3) is 0.857. The molecule has 0 bridgehead atoms. The van der Waals surface area contributed by atoms with Crippen LogP contribution in [0.4, 0.5) is 0 Å². The van der Waals surface area contributed by atoms with E-state index in [0.29, 0.717) is 0 Å². The topological polar surface area (TPSA) is 118 Å². The highest BCUT2D eigenvalue weighted by atomic mass is 16.4. The second-order valence-corrected chi connectivity index (χ2v) is 2.36. The molecule has 6 heteroatoms. The molecule has 5 N–H and O–H groups in total. The van der Waals surface area contributed by atoms with E-state index >= 15 is 0 Å². The van der Waals surface area contributed by atoms with Crippen molar-refractivity contribution >= 4 is 6.29 Å². The lowest BCUT2D eigenvalue weighted by molar-refractivity contribution is -0.136. The molecule has 0 unspecified atom stereocenters. The first-order valence-corrected chi connectivity index (χ1v) is 3.33. The van der Waals surface area contributed by atoms with Gasteiger partial charge in [0.05, 0.1) is 6.61 Å². The van der Waals surface area contributed by atoms with E-state index < -0.39 is 31.0 Å². The van der Waals surface area contributed by atoms with Gasteiger partial charge in [0.15, 0.2) is 6.29 Å². The van der Waals surface area contributed by atoms with Gasteiger partial charge in [0.2, 0.25) is 0 Å². The van der Waals surface area contributed by atoms with Crippen LogP contribution >= 0.6 is 0 Å². The Balaban J connectivity index is 0. The van der Waals surface area contributed by atoms with Gasteiger partial charge in [0, 0.05) is 0 Å². The summed E-state index contributed by atoms with van der Waals surface area (Å²) in [6, 6.07) is 0. The van der Waals surface area contributed by atoms with Crippen LogP contribution in [0, 0.1) is 0 Å². The molecule has 0 spiro atoms. The Bertz CT molecular complexity index is 139. The summed E-state index contributed by atoms with van der Waals surface area (Å²) < 4.78 is 0. The van der Waals surface area contributed by atoms with Crippen LogP contribution in [-0.4, -0.2) is 62.8 Å². The van der Waals surface area contributed by atoms with E-state index in [9.17, 15) is 4.79 Å². The third-order valence-electron chi connectivity index (χ3n) is 1.42. The van der Waals surface area contributed by atoms with E-state index in [2.05, 4.69) is 0 Å². The number of aldehydes is 1. The number of aliphatic hydroxyl groups is 5. The van der Waals surface area contributed by atoms with Gasteiger partial charge in [0.1, 0.15) is 24.4 Å². The van der Waals surface area contributed by atoms with Crippen LogP contribution in [0.2, 0.25) is 0 Å². The van der Waals surface area contributed by atoms with Crippen molar-refractivity contribution in [2.75, 3.05) is 6.61 Å². The Labute approximate surface area is 76.1 Å². The fourth-order valence-corrected chi connectivity index (χ4v) is 0.618. The van der Waals surface area contributed by atoms with Crippen LogP contribution in [-0.2, 0) is 4.79 Å². The van der Waals surface area contributed by atoms with Gasteiger partial charge in [-0.3, -0.25) is 0 Å². The van der Waals surface area contributed by atoms with Gasteiger partial charge in [-0.1, -0.05) is 7.43 Å². The summed E-state index contributed by atoms with van der Waals surface area (Å²) in [5.74, 6) is 0. The predicted molar refractivity (Wildman–Crippen MR) is 43.9 cm³/mol. The molecule has 0 aliphatic rings. The van der Waals surface area contributed by atoms with E-state index in [1.54, 1.807) is 0 Å². The monoisotopic (exact) mass is 196 g/mol. The number of carbonyl (C=O) groups excluding carboxylic acids is 1. The van der Waals surface area contributed by atoms with Crippen molar-refractivity contribution in [1.82, 2.24) is 0 Å². The van der Waals surface area contributed by atoms with Crippen LogP contribution < -0.4 is 0 Å². The summed E-state index contributed by atoms with van der Waals surface area (Å²) >= 11 is 0. The van der Waals surface area contributed by atoms with Gasteiger partial charge >= 0.3 is 0 Å². The molecule has 6 nitrogen and oxygen atoms in total. The summed E-state index contributed by atoms with van der Waals surface area (Å²) in [6.07, 6.45) is -6.84. The summed E-state index contributed by atoms with van der Waals surface area (Å²) in [4.78, 5) is 9.90. The SMILES string of the molecule is C.O=C[C@@H](O)[C@@H](O)[C@H](O)[C@H](O)CO. The Morgan fingerprint density at radius 1 is 1.08 bits per heavy atom. The van der Waals surface area contributed by atoms with Gasteiger partial charge in [-0.2, -0.15) is 0 Å². The lowest BCUT2D eigenvalue weighted by atomic mass is 10.0. The molecule has 0 amide bonds. The number of carbonyl (C=O) groups is 1. The van der Waals surface area contributed by atoms with E-state index in [1.165, 1.54) is 0 Å². The molecule has 0 fully saturated rings. The minimum atomic E-state index is -1.79. The molecule has 0 radical (unpaired) electrons. The van der Waals surface area contributed by atoms with Crippen LogP contribution in [0.5, 0.6) is 0 Å². The smallest absolute Gasteiger partial charge is 0.151 e. The van der Waals surface area contributed by atoms with Gasteiger partial charge in [-0.25, -0.2) is 0 Å². The van der Waals surface area contributed by atoms with Gasteiger partial charge in [0.25, 0.3) is 0 Å². The van der Waals surface area contributed by atoms with Crippen LogP contribution in [0.3, 0.4) is 0 Å². The second-order valence-electron chi connectivity index (χ2n) is 2.36.